The highest BCUT2D eigenvalue weighted by atomic mass is 79.9. The van der Waals surface area contributed by atoms with Crippen LogP contribution >= 0.6 is 15.9 Å². The number of ether oxygens (including phenoxy) is 1. The van der Waals surface area contributed by atoms with E-state index < -0.39 is 0 Å². The second-order valence-electron chi connectivity index (χ2n) is 4.10. The minimum Gasteiger partial charge on any atom is -0.397 e. The van der Waals surface area contributed by atoms with E-state index in [0.29, 0.717) is 18.8 Å². The number of morpholine rings is 1. The first-order valence-corrected chi connectivity index (χ1v) is 6.30. The van der Waals surface area contributed by atoms with E-state index >= 15 is 0 Å². The van der Waals surface area contributed by atoms with Gasteiger partial charge in [-0.05, 0) is 28.4 Å². The molecule has 0 bridgehead atoms. The van der Waals surface area contributed by atoms with Crippen molar-refractivity contribution in [2.45, 2.75) is 13.0 Å². The lowest BCUT2D eigenvalue weighted by Crippen LogP contribution is -2.44. The van der Waals surface area contributed by atoms with E-state index in [9.17, 15) is 0 Å². The molecule has 0 aliphatic carbocycles. The smallest absolute Gasteiger partial charge is 0.143 e. The van der Waals surface area contributed by atoms with Gasteiger partial charge >= 0.3 is 0 Å². The summed E-state index contributed by atoms with van der Waals surface area (Å²) < 4.78 is 6.33. The van der Waals surface area contributed by atoms with Crippen LogP contribution in [0.1, 0.15) is 5.56 Å². The van der Waals surface area contributed by atoms with Gasteiger partial charge in [0.25, 0.3) is 0 Å². The van der Waals surface area contributed by atoms with Crippen LogP contribution in [0.25, 0.3) is 0 Å². The Balaban J connectivity index is 2.25. The second kappa shape index (κ2) is 5.20. The predicted molar refractivity (Wildman–Crippen MR) is 70.1 cm³/mol. The van der Waals surface area contributed by atoms with Crippen molar-refractivity contribution in [3.8, 4) is 0 Å². The number of anilines is 2. The fraction of sp³-hybridized carbons (Fsp3) is 0.545. The van der Waals surface area contributed by atoms with Crippen molar-refractivity contribution in [2.75, 3.05) is 36.9 Å². The quantitative estimate of drug-likeness (QED) is 0.850. The van der Waals surface area contributed by atoms with Gasteiger partial charge in [0.15, 0.2) is 0 Å². The average molecular weight is 302 g/mol. The number of nitrogens with zero attached hydrogens (tertiary/aromatic N) is 2. The summed E-state index contributed by atoms with van der Waals surface area (Å²) in [6.07, 6.45) is 1.52. The van der Waals surface area contributed by atoms with Crippen LogP contribution in [0.3, 0.4) is 0 Å². The Morgan fingerprint density at radius 2 is 2.47 bits per heavy atom. The molecule has 1 aliphatic rings. The molecule has 0 saturated carbocycles. The summed E-state index contributed by atoms with van der Waals surface area (Å²) in [7, 11) is 0. The van der Waals surface area contributed by atoms with Gasteiger partial charge in [0.05, 0.1) is 35.7 Å². The highest BCUT2D eigenvalue weighted by Crippen LogP contribution is 2.31. The molecule has 0 amide bonds. The number of nitrogens with two attached hydrogens (primary N) is 1. The van der Waals surface area contributed by atoms with Gasteiger partial charge in [-0.2, -0.15) is 0 Å². The van der Waals surface area contributed by atoms with Crippen LogP contribution in [-0.4, -0.2) is 42.5 Å². The molecular weight excluding hydrogens is 286 g/mol. The molecule has 2 rings (SSSR count). The van der Waals surface area contributed by atoms with E-state index in [0.717, 1.165) is 22.4 Å². The summed E-state index contributed by atoms with van der Waals surface area (Å²) >= 11 is 3.52. The monoisotopic (exact) mass is 301 g/mol. The van der Waals surface area contributed by atoms with Crippen molar-refractivity contribution in [3.05, 3.63) is 16.2 Å². The van der Waals surface area contributed by atoms with Crippen LogP contribution in [0.15, 0.2) is 10.7 Å². The Morgan fingerprint density at radius 1 is 1.71 bits per heavy atom. The lowest BCUT2D eigenvalue weighted by molar-refractivity contribution is 0.00332. The van der Waals surface area contributed by atoms with Crippen LogP contribution in [0, 0.1) is 6.92 Å². The van der Waals surface area contributed by atoms with Crippen LogP contribution in [0.4, 0.5) is 11.5 Å². The number of hydrogen-bond acceptors (Lipinski definition) is 5. The predicted octanol–water partition coefficient (Wildman–Crippen LogP) is 0.932. The third-order valence-electron chi connectivity index (χ3n) is 2.93. The summed E-state index contributed by atoms with van der Waals surface area (Å²) in [4.78, 5) is 6.45. The van der Waals surface area contributed by atoms with E-state index in [4.69, 9.17) is 15.6 Å². The number of hydrogen-bond donors (Lipinski definition) is 2. The number of pyridine rings is 1. The molecule has 0 spiro atoms. The third kappa shape index (κ3) is 2.53. The van der Waals surface area contributed by atoms with Crippen LogP contribution in [-0.2, 0) is 4.74 Å². The van der Waals surface area contributed by atoms with Crippen molar-refractivity contribution < 1.29 is 9.84 Å². The van der Waals surface area contributed by atoms with E-state index in [-0.39, 0.29) is 12.7 Å². The van der Waals surface area contributed by atoms with E-state index in [1.54, 1.807) is 6.20 Å². The summed E-state index contributed by atoms with van der Waals surface area (Å²) in [5.41, 5.74) is 7.46. The fourth-order valence-electron chi connectivity index (χ4n) is 1.82. The molecule has 1 aromatic rings. The lowest BCUT2D eigenvalue weighted by Gasteiger charge is -2.33. The number of halogens is 1. The topological polar surface area (TPSA) is 71.6 Å². The summed E-state index contributed by atoms with van der Waals surface area (Å²) in [6, 6.07) is 0. The zero-order chi connectivity index (χ0) is 12.4. The molecular formula is C11H16BrN3O2. The molecule has 1 aliphatic heterocycles. The standard InChI is InChI=1S/C11H16BrN3O2/c1-7-9(13)4-14-11(10(7)12)15-2-3-17-8(5-15)6-16/h4,8,16H,2-3,5-6,13H2,1H3. The minimum absolute atomic E-state index is 0.0298. The Kier molecular flexibility index (Phi) is 3.86. The molecule has 6 heteroatoms. The first-order chi connectivity index (χ1) is 8.13. The number of aromatic nitrogens is 1. The molecule has 0 aromatic carbocycles. The minimum atomic E-state index is -0.143. The van der Waals surface area contributed by atoms with Crippen molar-refractivity contribution in [1.82, 2.24) is 4.98 Å². The molecule has 94 valence electrons. The highest BCUT2D eigenvalue weighted by Gasteiger charge is 2.23. The lowest BCUT2D eigenvalue weighted by atomic mass is 10.2. The van der Waals surface area contributed by atoms with Gasteiger partial charge in [-0.15, -0.1) is 0 Å². The van der Waals surface area contributed by atoms with Crippen LogP contribution in [0.2, 0.25) is 0 Å². The van der Waals surface area contributed by atoms with Gasteiger partial charge in [0.2, 0.25) is 0 Å². The van der Waals surface area contributed by atoms with E-state index in [2.05, 4.69) is 25.8 Å². The maximum absolute atomic E-state index is 9.12. The van der Waals surface area contributed by atoms with E-state index in [1.165, 1.54) is 0 Å². The molecule has 1 fully saturated rings. The Hall–Kier alpha value is -0.850. The first-order valence-electron chi connectivity index (χ1n) is 5.51. The maximum Gasteiger partial charge on any atom is 0.143 e. The second-order valence-corrected chi connectivity index (χ2v) is 4.89. The molecule has 3 N–H and O–H groups in total. The summed E-state index contributed by atoms with van der Waals surface area (Å²) in [6.45, 7) is 4.00. The van der Waals surface area contributed by atoms with Gasteiger partial charge < -0.3 is 20.5 Å². The molecule has 5 nitrogen and oxygen atoms in total. The molecule has 1 atom stereocenters. The van der Waals surface area contributed by atoms with E-state index in [1.807, 2.05) is 6.92 Å². The van der Waals surface area contributed by atoms with Gasteiger partial charge in [0, 0.05) is 13.1 Å². The van der Waals surface area contributed by atoms with Crippen LogP contribution in [0.5, 0.6) is 0 Å². The largest absolute Gasteiger partial charge is 0.397 e. The van der Waals surface area contributed by atoms with Crippen molar-refractivity contribution in [1.29, 1.82) is 0 Å². The molecule has 1 unspecified atom stereocenters. The Morgan fingerprint density at radius 3 is 3.18 bits per heavy atom. The Labute approximate surface area is 109 Å². The van der Waals surface area contributed by atoms with Crippen molar-refractivity contribution >= 4 is 27.4 Å². The summed E-state index contributed by atoms with van der Waals surface area (Å²) in [5, 5.41) is 9.12. The van der Waals surface area contributed by atoms with Gasteiger partial charge in [-0.25, -0.2) is 4.98 Å². The van der Waals surface area contributed by atoms with Crippen molar-refractivity contribution in [3.63, 3.8) is 0 Å². The van der Waals surface area contributed by atoms with Gasteiger partial charge in [-0.3, -0.25) is 0 Å². The number of aliphatic hydroxyl groups is 1. The first kappa shape index (κ1) is 12.6. The molecule has 1 saturated heterocycles. The number of nitrogen functional groups attached to an aromatic ring is 1. The zero-order valence-electron chi connectivity index (χ0n) is 9.69. The van der Waals surface area contributed by atoms with Gasteiger partial charge in [-0.1, -0.05) is 0 Å². The number of rotatable bonds is 2. The molecule has 17 heavy (non-hydrogen) atoms. The maximum atomic E-state index is 9.12. The third-order valence-corrected chi connectivity index (χ3v) is 3.88. The number of aliphatic hydroxyl groups excluding tert-OH is 1. The highest BCUT2D eigenvalue weighted by molar-refractivity contribution is 9.10. The molecule has 0 radical (unpaired) electrons. The van der Waals surface area contributed by atoms with Gasteiger partial charge in [0.1, 0.15) is 5.82 Å². The normalized spacial score (nSPS) is 20.6. The Bertz CT molecular complexity index is 414. The summed E-state index contributed by atoms with van der Waals surface area (Å²) in [5.74, 6) is 0.860. The zero-order valence-corrected chi connectivity index (χ0v) is 11.3. The molecule has 1 aromatic heterocycles. The average Bonchev–Trinajstić information content (AvgIpc) is 2.36. The SMILES string of the molecule is Cc1c(N)cnc(N2CCOC(CO)C2)c1Br. The van der Waals surface area contributed by atoms with Crippen LogP contribution < -0.4 is 10.6 Å². The van der Waals surface area contributed by atoms with Crippen molar-refractivity contribution in [2.24, 2.45) is 0 Å². The fourth-order valence-corrected chi connectivity index (χ4v) is 2.40. The molecule has 2 heterocycles.